The van der Waals surface area contributed by atoms with Crippen LogP contribution in [-0.4, -0.2) is 44.6 Å². The number of hydrogen-bond acceptors (Lipinski definition) is 5. The van der Waals surface area contributed by atoms with E-state index in [2.05, 4.69) is 9.59 Å². The van der Waals surface area contributed by atoms with Crippen molar-refractivity contribution in [2.45, 2.75) is 13.8 Å². The van der Waals surface area contributed by atoms with Crippen molar-refractivity contribution >= 4 is 23.4 Å². The molecule has 1 aromatic heterocycles. The van der Waals surface area contributed by atoms with E-state index in [1.54, 1.807) is 19.2 Å². The molecule has 0 saturated carbocycles. The highest BCUT2D eigenvalue weighted by atomic mass is 32.1. The average molecular weight is 243 g/mol. The third-order valence-corrected chi connectivity index (χ3v) is 2.67. The lowest BCUT2D eigenvalue weighted by Crippen LogP contribution is -2.36. The summed E-state index contributed by atoms with van der Waals surface area (Å²) in [5.74, 6) is -1.78. The van der Waals surface area contributed by atoms with Crippen molar-refractivity contribution in [2.75, 3.05) is 13.1 Å². The predicted molar refractivity (Wildman–Crippen MR) is 58.3 cm³/mol. The summed E-state index contributed by atoms with van der Waals surface area (Å²) < 4.78 is 3.60. The van der Waals surface area contributed by atoms with Crippen molar-refractivity contribution in [3.8, 4) is 0 Å². The van der Waals surface area contributed by atoms with Crippen molar-refractivity contribution in [3.63, 3.8) is 0 Å². The fraction of sp³-hybridized carbons (Fsp3) is 0.556. The molecule has 0 aliphatic carbocycles. The van der Waals surface area contributed by atoms with Crippen LogP contribution in [-0.2, 0) is 4.79 Å². The number of nitrogens with zero attached hydrogens (tertiary/aromatic N) is 3. The lowest BCUT2D eigenvalue weighted by molar-refractivity contribution is -0.141. The summed E-state index contributed by atoms with van der Waals surface area (Å²) in [5.41, 5.74) is 0.268. The molecule has 1 atom stereocenters. The standard InChI is InChI=1S/C9H13N3O3S/c1-3-12(4-6(2)9(14)15)8(13)7-5-16-11-10-7/h5-6H,3-4H2,1-2H3,(H,14,15). The van der Waals surface area contributed by atoms with Crippen molar-refractivity contribution < 1.29 is 14.7 Å². The second-order valence-electron chi connectivity index (χ2n) is 3.37. The van der Waals surface area contributed by atoms with Gasteiger partial charge in [0, 0.05) is 18.5 Å². The molecule has 1 amide bonds. The number of carbonyl (C=O) groups excluding carboxylic acids is 1. The third-order valence-electron chi connectivity index (χ3n) is 2.16. The maximum Gasteiger partial charge on any atom is 0.308 e. The Hall–Kier alpha value is -1.50. The molecule has 7 heteroatoms. The fourth-order valence-corrected chi connectivity index (χ4v) is 1.61. The lowest BCUT2D eigenvalue weighted by atomic mass is 10.1. The first-order valence-corrected chi connectivity index (χ1v) is 5.69. The number of carbonyl (C=O) groups is 2. The quantitative estimate of drug-likeness (QED) is 0.823. The second-order valence-corrected chi connectivity index (χ2v) is 3.98. The molecule has 1 unspecified atom stereocenters. The van der Waals surface area contributed by atoms with Crippen LogP contribution in [0, 0.1) is 5.92 Å². The zero-order valence-electron chi connectivity index (χ0n) is 9.08. The first-order valence-electron chi connectivity index (χ1n) is 4.85. The van der Waals surface area contributed by atoms with Gasteiger partial charge in [-0.15, -0.1) is 5.10 Å². The topological polar surface area (TPSA) is 83.4 Å². The van der Waals surface area contributed by atoms with E-state index in [1.807, 2.05) is 0 Å². The molecule has 1 N–H and O–H groups in total. The van der Waals surface area contributed by atoms with Crippen LogP contribution in [0.2, 0.25) is 0 Å². The van der Waals surface area contributed by atoms with Gasteiger partial charge in [-0.05, 0) is 18.5 Å². The smallest absolute Gasteiger partial charge is 0.308 e. The maximum atomic E-state index is 11.8. The summed E-state index contributed by atoms with van der Waals surface area (Å²) in [6.45, 7) is 4.00. The molecule has 0 radical (unpaired) electrons. The molecule has 0 bridgehead atoms. The number of aromatic nitrogens is 2. The monoisotopic (exact) mass is 243 g/mol. The molecule has 1 rings (SSSR count). The van der Waals surface area contributed by atoms with E-state index in [1.165, 1.54) is 4.90 Å². The van der Waals surface area contributed by atoms with Crippen LogP contribution >= 0.6 is 11.5 Å². The summed E-state index contributed by atoms with van der Waals surface area (Å²) in [4.78, 5) is 24.0. The molecule has 88 valence electrons. The minimum Gasteiger partial charge on any atom is -0.481 e. The van der Waals surface area contributed by atoms with Gasteiger partial charge in [0.2, 0.25) is 0 Å². The van der Waals surface area contributed by atoms with Crippen molar-refractivity contribution in [1.82, 2.24) is 14.5 Å². The van der Waals surface area contributed by atoms with Crippen LogP contribution in [0.25, 0.3) is 0 Å². The van der Waals surface area contributed by atoms with Gasteiger partial charge in [-0.2, -0.15) is 0 Å². The lowest BCUT2D eigenvalue weighted by Gasteiger charge is -2.21. The Morgan fingerprint density at radius 1 is 1.62 bits per heavy atom. The van der Waals surface area contributed by atoms with E-state index in [0.29, 0.717) is 6.54 Å². The van der Waals surface area contributed by atoms with Gasteiger partial charge in [0.1, 0.15) is 0 Å². The number of aliphatic carboxylic acids is 1. The van der Waals surface area contributed by atoms with Crippen molar-refractivity contribution in [2.24, 2.45) is 5.92 Å². The van der Waals surface area contributed by atoms with Crippen LogP contribution in [0.4, 0.5) is 0 Å². The molecule has 16 heavy (non-hydrogen) atoms. The van der Waals surface area contributed by atoms with Gasteiger partial charge in [-0.3, -0.25) is 9.59 Å². The summed E-state index contributed by atoms with van der Waals surface area (Å²) in [5, 5.41) is 14.0. The number of rotatable bonds is 5. The Balaban J connectivity index is 2.68. The largest absolute Gasteiger partial charge is 0.481 e. The first-order chi connectivity index (χ1) is 7.56. The summed E-state index contributed by atoms with van der Waals surface area (Å²) in [6, 6.07) is 0. The minimum atomic E-state index is -0.914. The summed E-state index contributed by atoms with van der Waals surface area (Å²) in [6.07, 6.45) is 0. The molecular formula is C9H13N3O3S. The van der Waals surface area contributed by atoms with Gasteiger partial charge in [0.05, 0.1) is 5.92 Å². The van der Waals surface area contributed by atoms with Gasteiger partial charge < -0.3 is 10.0 Å². The van der Waals surface area contributed by atoms with Gasteiger partial charge >= 0.3 is 5.97 Å². The van der Waals surface area contributed by atoms with Crippen LogP contribution in [0.3, 0.4) is 0 Å². The van der Waals surface area contributed by atoms with E-state index in [9.17, 15) is 9.59 Å². The van der Waals surface area contributed by atoms with E-state index < -0.39 is 11.9 Å². The molecule has 1 aromatic rings. The number of carboxylic acids is 1. The first kappa shape index (κ1) is 12.6. The summed E-state index contributed by atoms with van der Waals surface area (Å²) >= 11 is 1.10. The van der Waals surface area contributed by atoms with Gasteiger partial charge in [-0.25, -0.2) is 0 Å². The maximum absolute atomic E-state index is 11.8. The number of hydrogen-bond donors (Lipinski definition) is 1. The normalized spacial score (nSPS) is 12.1. The molecule has 0 saturated heterocycles. The van der Waals surface area contributed by atoms with E-state index in [0.717, 1.165) is 11.5 Å². The predicted octanol–water partition coefficient (Wildman–Crippen LogP) is 0.721. The van der Waals surface area contributed by atoms with Gasteiger partial charge in [0.15, 0.2) is 5.69 Å². The molecule has 0 spiro atoms. The summed E-state index contributed by atoms with van der Waals surface area (Å²) in [7, 11) is 0. The molecular weight excluding hydrogens is 230 g/mol. The molecule has 6 nitrogen and oxygen atoms in total. The Kier molecular flexibility index (Phi) is 4.36. The number of amides is 1. The minimum absolute atomic E-state index is 0.183. The van der Waals surface area contributed by atoms with Crippen LogP contribution in [0.5, 0.6) is 0 Å². The molecule has 0 aliphatic heterocycles. The third kappa shape index (κ3) is 2.99. The second kappa shape index (κ2) is 5.55. The Bertz CT molecular complexity index is 366. The van der Waals surface area contributed by atoms with Crippen molar-refractivity contribution in [1.29, 1.82) is 0 Å². The highest BCUT2D eigenvalue weighted by molar-refractivity contribution is 7.03. The highest BCUT2D eigenvalue weighted by Gasteiger charge is 2.21. The zero-order valence-corrected chi connectivity index (χ0v) is 9.90. The zero-order chi connectivity index (χ0) is 12.1. The Morgan fingerprint density at radius 3 is 2.75 bits per heavy atom. The fourth-order valence-electron chi connectivity index (χ4n) is 1.18. The van der Waals surface area contributed by atoms with E-state index in [-0.39, 0.29) is 18.1 Å². The van der Waals surface area contributed by atoms with E-state index in [4.69, 9.17) is 5.11 Å². The SMILES string of the molecule is CCN(CC(C)C(=O)O)C(=O)c1csnn1. The molecule has 1 heterocycles. The Morgan fingerprint density at radius 2 is 2.31 bits per heavy atom. The molecule has 0 aliphatic rings. The Labute approximate surface area is 97.1 Å². The highest BCUT2D eigenvalue weighted by Crippen LogP contribution is 2.06. The van der Waals surface area contributed by atoms with Gasteiger partial charge in [-0.1, -0.05) is 11.4 Å². The van der Waals surface area contributed by atoms with Crippen LogP contribution < -0.4 is 0 Å². The van der Waals surface area contributed by atoms with Crippen molar-refractivity contribution in [3.05, 3.63) is 11.1 Å². The molecule has 0 fully saturated rings. The molecule has 0 aromatic carbocycles. The van der Waals surface area contributed by atoms with Crippen LogP contribution in [0.1, 0.15) is 24.3 Å². The van der Waals surface area contributed by atoms with Gasteiger partial charge in [0.25, 0.3) is 5.91 Å². The average Bonchev–Trinajstić information content (AvgIpc) is 2.77. The van der Waals surface area contributed by atoms with E-state index >= 15 is 0 Å². The van der Waals surface area contributed by atoms with Crippen LogP contribution in [0.15, 0.2) is 5.38 Å². The number of carboxylic acid groups (broad SMARTS) is 1.